The van der Waals surface area contributed by atoms with E-state index in [0.717, 1.165) is 17.6 Å². The number of hydrogen-bond acceptors (Lipinski definition) is 5. The van der Waals surface area contributed by atoms with Gasteiger partial charge in [-0.2, -0.15) is 0 Å². The second kappa shape index (κ2) is 13.4. The lowest BCUT2D eigenvalue weighted by molar-refractivity contribution is -0.275. The van der Waals surface area contributed by atoms with E-state index in [0.29, 0.717) is 44.1 Å². The van der Waals surface area contributed by atoms with E-state index in [2.05, 4.69) is 31.2 Å². The van der Waals surface area contributed by atoms with Crippen LogP contribution in [0.3, 0.4) is 0 Å². The fourth-order valence-electron chi connectivity index (χ4n) is 4.70. The van der Waals surface area contributed by atoms with E-state index in [-0.39, 0.29) is 18.9 Å². The number of ether oxygens (including phenoxy) is 2. The molecule has 1 fully saturated rings. The molecule has 3 atom stereocenters. The maximum atomic E-state index is 12.6. The lowest BCUT2D eigenvalue weighted by Gasteiger charge is -2.41. The quantitative estimate of drug-likeness (QED) is 0.366. The summed E-state index contributed by atoms with van der Waals surface area (Å²) in [7, 11) is 0. The molecule has 2 aliphatic rings. The maximum absolute atomic E-state index is 12.6. The van der Waals surface area contributed by atoms with Crippen LogP contribution < -0.4 is 0 Å². The van der Waals surface area contributed by atoms with Crippen molar-refractivity contribution in [1.82, 2.24) is 0 Å². The number of benzene rings is 1. The molecule has 1 aromatic rings. The number of fused-ring (bicyclic) bond motifs is 2. The van der Waals surface area contributed by atoms with Gasteiger partial charge in [-0.3, -0.25) is 4.79 Å². The Balaban J connectivity index is 1.72. The first-order valence-corrected chi connectivity index (χ1v) is 12.7. The summed E-state index contributed by atoms with van der Waals surface area (Å²) in [6.45, 7) is 4.09. The molecule has 0 radical (unpaired) electrons. The van der Waals surface area contributed by atoms with Crippen molar-refractivity contribution in [3.05, 3.63) is 83.0 Å². The van der Waals surface area contributed by atoms with E-state index in [1.165, 1.54) is 11.6 Å². The molecule has 2 aliphatic heterocycles. The number of carboxylic acids is 1. The predicted octanol–water partition coefficient (Wildman–Crippen LogP) is 5.82. The SMILES string of the molecule is C/C(=C\Cc1ccccc1)CC[C@@]1(O)C[C@H]2C[C@@H](C/C(C)=C/C/C=C/C/C(CC(=O)O)=C/C(=O)O2)O1. The topological polar surface area (TPSA) is 93.1 Å². The van der Waals surface area contributed by atoms with Crippen LogP contribution in [0.4, 0.5) is 0 Å². The minimum Gasteiger partial charge on any atom is -0.481 e. The third kappa shape index (κ3) is 9.59. The van der Waals surface area contributed by atoms with Crippen molar-refractivity contribution in [2.75, 3.05) is 0 Å². The number of carbonyl (C=O) groups excluding carboxylic acids is 1. The lowest BCUT2D eigenvalue weighted by Crippen LogP contribution is -2.47. The number of aliphatic hydroxyl groups is 1. The second-order valence-electron chi connectivity index (χ2n) is 9.96. The van der Waals surface area contributed by atoms with Gasteiger partial charge >= 0.3 is 11.9 Å². The van der Waals surface area contributed by atoms with Gasteiger partial charge in [-0.15, -0.1) is 0 Å². The number of esters is 1. The van der Waals surface area contributed by atoms with Crippen LogP contribution in [-0.2, 0) is 25.5 Å². The average molecular weight is 495 g/mol. The minimum atomic E-state index is -1.40. The molecule has 6 nitrogen and oxygen atoms in total. The standard InChI is InChI=1S/C30H38O6/c1-22(13-14-24-10-6-4-7-11-24)15-16-30(34)21-27-20-26(36-30)17-23(2)9-5-3-8-12-25(18-28(31)32)19-29(33)35-27/h3-4,6-11,13,19,26-27,34H,5,12,14-18,20-21H2,1-2H3,(H,31,32)/b8-3+,22-13+,23-9+,25-19-/t26-,27-,30+/m1/s1. The minimum absolute atomic E-state index is 0.186. The molecule has 3 rings (SSSR count). The molecule has 1 saturated heterocycles. The van der Waals surface area contributed by atoms with Gasteiger partial charge in [-0.05, 0) is 57.1 Å². The largest absolute Gasteiger partial charge is 0.481 e. The van der Waals surface area contributed by atoms with Crippen LogP contribution in [0.25, 0.3) is 0 Å². The van der Waals surface area contributed by atoms with Gasteiger partial charge in [0.05, 0.1) is 12.5 Å². The Kier molecular flexibility index (Phi) is 10.3. The first-order valence-electron chi connectivity index (χ1n) is 12.7. The third-order valence-electron chi connectivity index (χ3n) is 6.58. The first-order chi connectivity index (χ1) is 17.2. The predicted molar refractivity (Wildman–Crippen MR) is 139 cm³/mol. The number of rotatable bonds is 7. The number of carboxylic acid groups (broad SMARTS) is 1. The van der Waals surface area contributed by atoms with E-state index in [9.17, 15) is 19.8 Å². The summed E-state index contributed by atoms with van der Waals surface area (Å²) in [5.41, 5.74) is 4.02. The fourth-order valence-corrected chi connectivity index (χ4v) is 4.70. The Hall–Kier alpha value is -2.96. The lowest BCUT2D eigenvalue weighted by atomic mass is 9.91. The van der Waals surface area contributed by atoms with Gasteiger partial charge in [-0.25, -0.2) is 4.79 Å². The highest BCUT2D eigenvalue weighted by atomic mass is 16.6. The highest BCUT2D eigenvalue weighted by molar-refractivity contribution is 5.84. The Bertz CT molecular complexity index is 1020. The summed E-state index contributed by atoms with van der Waals surface area (Å²) in [6, 6.07) is 10.2. The molecule has 2 bridgehead atoms. The van der Waals surface area contributed by atoms with Crippen molar-refractivity contribution in [3.8, 4) is 0 Å². The van der Waals surface area contributed by atoms with Crippen LogP contribution in [0.15, 0.2) is 77.4 Å². The zero-order valence-electron chi connectivity index (χ0n) is 21.3. The van der Waals surface area contributed by atoms with Crippen LogP contribution in [-0.4, -0.2) is 40.1 Å². The molecule has 0 unspecified atom stereocenters. The van der Waals surface area contributed by atoms with Gasteiger partial charge in [0.15, 0.2) is 5.79 Å². The van der Waals surface area contributed by atoms with E-state index in [1.807, 2.05) is 37.3 Å². The molecular weight excluding hydrogens is 456 g/mol. The Morgan fingerprint density at radius 1 is 1.19 bits per heavy atom. The molecule has 6 heteroatoms. The van der Waals surface area contributed by atoms with Gasteiger partial charge in [0, 0.05) is 25.3 Å². The number of hydrogen-bond donors (Lipinski definition) is 2. The van der Waals surface area contributed by atoms with Gasteiger partial charge < -0.3 is 19.7 Å². The van der Waals surface area contributed by atoms with Crippen molar-refractivity contribution >= 4 is 11.9 Å². The third-order valence-corrected chi connectivity index (χ3v) is 6.58. The molecule has 1 aromatic carbocycles. The molecule has 0 spiro atoms. The Morgan fingerprint density at radius 3 is 2.72 bits per heavy atom. The average Bonchev–Trinajstić information content (AvgIpc) is 2.80. The summed E-state index contributed by atoms with van der Waals surface area (Å²) in [5, 5.41) is 20.6. The van der Waals surface area contributed by atoms with Crippen molar-refractivity contribution in [2.24, 2.45) is 0 Å². The zero-order valence-corrected chi connectivity index (χ0v) is 21.3. The van der Waals surface area contributed by atoms with Crippen LogP contribution in [0.1, 0.15) is 70.8 Å². The van der Waals surface area contributed by atoms with E-state index in [4.69, 9.17) is 9.47 Å². The van der Waals surface area contributed by atoms with Gasteiger partial charge in [0.1, 0.15) is 6.10 Å². The van der Waals surface area contributed by atoms with Crippen molar-refractivity contribution < 1.29 is 29.3 Å². The number of carbonyl (C=O) groups is 2. The van der Waals surface area contributed by atoms with E-state index < -0.39 is 23.8 Å². The Labute approximate surface area is 214 Å². The number of aliphatic carboxylic acids is 1. The molecule has 0 amide bonds. The molecule has 0 aliphatic carbocycles. The monoisotopic (exact) mass is 494 g/mol. The van der Waals surface area contributed by atoms with Crippen molar-refractivity contribution in [3.63, 3.8) is 0 Å². The molecule has 194 valence electrons. The van der Waals surface area contributed by atoms with Crippen LogP contribution in [0, 0.1) is 0 Å². The maximum Gasteiger partial charge on any atom is 0.331 e. The normalized spacial score (nSPS) is 29.6. The Morgan fingerprint density at radius 2 is 1.97 bits per heavy atom. The molecule has 2 N–H and O–H groups in total. The van der Waals surface area contributed by atoms with Gasteiger partial charge in [0.2, 0.25) is 0 Å². The summed E-state index contributed by atoms with van der Waals surface area (Å²) in [4.78, 5) is 23.9. The second-order valence-corrected chi connectivity index (χ2v) is 9.96. The fraction of sp³-hybridized carbons (Fsp3) is 0.467. The highest BCUT2D eigenvalue weighted by Crippen LogP contribution is 2.35. The smallest absolute Gasteiger partial charge is 0.331 e. The summed E-state index contributed by atoms with van der Waals surface area (Å²) >= 11 is 0. The molecular formula is C30H38O6. The van der Waals surface area contributed by atoms with Crippen molar-refractivity contribution in [2.45, 2.75) is 89.6 Å². The zero-order chi connectivity index (χ0) is 26.0. The molecule has 0 aromatic heterocycles. The van der Waals surface area contributed by atoms with Gasteiger partial charge in [-0.1, -0.05) is 65.8 Å². The number of allylic oxidation sites excluding steroid dienone is 5. The molecule has 36 heavy (non-hydrogen) atoms. The van der Waals surface area contributed by atoms with Crippen molar-refractivity contribution in [1.29, 1.82) is 0 Å². The summed E-state index contributed by atoms with van der Waals surface area (Å²) < 4.78 is 11.9. The van der Waals surface area contributed by atoms with Crippen LogP contribution in [0.5, 0.6) is 0 Å². The first kappa shape index (κ1) is 27.6. The molecule has 2 heterocycles. The highest BCUT2D eigenvalue weighted by Gasteiger charge is 2.41. The van der Waals surface area contributed by atoms with E-state index in [1.54, 1.807) is 0 Å². The summed E-state index contributed by atoms with van der Waals surface area (Å²) in [5.74, 6) is -2.97. The van der Waals surface area contributed by atoms with E-state index >= 15 is 0 Å². The van der Waals surface area contributed by atoms with Crippen LogP contribution >= 0.6 is 0 Å². The summed E-state index contributed by atoms with van der Waals surface area (Å²) in [6.07, 6.45) is 12.7. The van der Waals surface area contributed by atoms with Gasteiger partial charge in [0.25, 0.3) is 0 Å². The van der Waals surface area contributed by atoms with Crippen LogP contribution in [0.2, 0.25) is 0 Å². The molecule has 0 saturated carbocycles.